The second-order valence-electron chi connectivity index (χ2n) is 7.10. The lowest BCUT2D eigenvalue weighted by molar-refractivity contribution is 0.171. The highest BCUT2D eigenvalue weighted by Crippen LogP contribution is 2.36. The number of hydrogen-bond donors (Lipinski definition) is 2. The Balaban J connectivity index is 1.55. The summed E-state index contributed by atoms with van der Waals surface area (Å²) in [6.07, 6.45) is 3.07. The lowest BCUT2D eigenvalue weighted by Crippen LogP contribution is -2.31. The predicted octanol–water partition coefficient (Wildman–Crippen LogP) is 2.02. The van der Waals surface area contributed by atoms with Crippen molar-refractivity contribution in [1.29, 1.82) is 0 Å². The molecule has 0 bridgehead atoms. The Morgan fingerprint density at radius 1 is 1.29 bits per heavy atom. The molecule has 1 atom stereocenters. The van der Waals surface area contributed by atoms with Crippen molar-refractivity contribution in [1.82, 2.24) is 15.1 Å². The summed E-state index contributed by atoms with van der Waals surface area (Å²) in [5, 5.41) is 7.40. The number of likely N-dealkylation sites (tertiary alicyclic amines) is 1. The van der Waals surface area contributed by atoms with E-state index in [4.69, 9.17) is 15.2 Å². The van der Waals surface area contributed by atoms with Gasteiger partial charge in [-0.2, -0.15) is 5.10 Å². The molecule has 3 heterocycles. The minimum absolute atomic E-state index is 0.237. The molecule has 2 aromatic rings. The minimum atomic E-state index is 0.237. The van der Waals surface area contributed by atoms with Crippen LogP contribution in [0.25, 0.3) is 11.3 Å². The molecule has 1 unspecified atom stereocenters. The van der Waals surface area contributed by atoms with Crippen molar-refractivity contribution in [2.45, 2.75) is 19.9 Å². The summed E-state index contributed by atoms with van der Waals surface area (Å²) < 4.78 is 11.3. The van der Waals surface area contributed by atoms with Gasteiger partial charge in [-0.3, -0.25) is 10.00 Å². The number of benzene rings is 1. The zero-order valence-electron chi connectivity index (χ0n) is 14.0. The SMILES string of the molecule is CC1(CN)CCN(Cc2cn[nH]c2-c2ccc3c(c2)OCCO3)C1. The molecule has 3 N–H and O–H groups in total. The Kier molecular flexibility index (Phi) is 3.94. The summed E-state index contributed by atoms with van der Waals surface area (Å²) in [6, 6.07) is 6.05. The molecule has 1 saturated heterocycles. The molecule has 1 aromatic heterocycles. The van der Waals surface area contributed by atoms with Crippen molar-refractivity contribution >= 4 is 0 Å². The van der Waals surface area contributed by atoms with E-state index in [0.29, 0.717) is 13.2 Å². The molecule has 0 radical (unpaired) electrons. The van der Waals surface area contributed by atoms with Gasteiger partial charge >= 0.3 is 0 Å². The third-order valence-corrected chi connectivity index (χ3v) is 5.07. The second kappa shape index (κ2) is 6.11. The van der Waals surface area contributed by atoms with E-state index in [0.717, 1.165) is 55.4 Å². The number of nitrogens with one attached hydrogen (secondary N) is 1. The molecule has 6 heteroatoms. The first kappa shape index (κ1) is 15.5. The van der Waals surface area contributed by atoms with Crippen molar-refractivity contribution in [2.75, 3.05) is 32.8 Å². The van der Waals surface area contributed by atoms with Crippen molar-refractivity contribution in [3.63, 3.8) is 0 Å². The molecule has 0 amide bonds. The Hall–Kier alpha value is -2.05. The van der Waals surface area contributed by atoms with Crippen LogP contribution in [0.2, 0.25) is 0 Å². The number of nitrogens with zero attached hydrogens (tertiary/aromatic N) is 2. The predicted molar refractivity (Wildman–Crippen MR) is 92.1 cm³/mol. The zero-order valence-corrected chi connectivity index (χ0v) is 14.0. The van der Waals surface area contributed by atoms with Crippen LogP contribution >= 0.6 is 0 Å². The fourth-order valence-electron chi connectivity index (χ4n) is 3.55. The van der Waals surface area contributed by atoms with Crippen LogP contribution < -0.4 is 15.2 Å². The van der Waals surface area contributed by atoms with Gasteiger partial charge in [-0.05, 0) is 43.1 Å². The van der Waals surface area contributed by atoms with E-state index in [1.165, 1.54) is 5.56 Å². The van der Waals surface area contributed by atoms with E-state index in [9.17, 15) is 0 Å². The largest absolute Gasteiger partial charge is 0.486 e. The maximum atomic E-state index is 5.92. The van der Waals surface area contributed by atoms with Gasteiger partial charge in [0, 0.05) is 24.2 Å². The van der Waals surface area contributed by atoms with E-state index in [1.54, 1.807) is 0 Å². The average molecular weight is 328 g/mol. The molecule has 0 spiro atoms. The van der Waals surface area contributed by atoms with Gasteiger partial charge < -0.3 is 15.2 Å². The van der Waals surface area contributed by atoms with E-state index in [-0.39, 0.29) is 5.41 Å². The van der Waals surface area contributed by atoms with E-state index in [1.807, 2.05) is 18.3 Å². The van der Waals surface area contributed by atoms with Crippen LogP contribution in [0.15, 0.2) is 24.4 Å². The van der Waals surface area contributed by atoms with E-state index >= 15 is 0 Å². The number of aromatic nitrogens is 2. The highest BCUT2D eigenvalue weighted by Gasteiger charge is 2.32. The number of aromatic amines is 1. The number of hydrogen-bond acceptors (Lipinski definition) is 5. The van der Waals surface area contributed by atoms with E-state index < -0.39 is 0 Å². The highest BCUT2D eigenvalue weighted by molar-refractivity contribution is 5.66. The molecule has 24 heavy (non-hydrogen) atoms. The molecule has 1 fully saturated rings. The van der Waals surface area contributed by atoms with Gasteiger partial charge in [0.1, 0.15) is 13.2 Å². The van der Waals surface area contributed by atoms with Crippen molar-refractivity contribution < 1.29 is 9.47 Å². The number of H-pyrrole nitrogens is 1. The van der Waals surface area contributed by atoms with Crippen molar-refractivity contribution in [3.8, 4) is 22.8 Å². The van der Waals surface area contributed by atoms with Crippen LogP contribution in [-0.4, -0.2) is 47.9 Å². The lowest BCUT2D eigenvalue weighted by Gasteiger charge is -2.22. The van der Waals surface area contributed by atoms with Gasteiger partial charge in [-0.25, -0.2) is 0 Å². The number of ether oxygens (including phenoxy) is 2. The molecule has 6 nitrogen and oxygen atoms in total. The second-order valence-corrected chi connectivity index (χ2v) is 7.10. The first-order valence-electron chi connectivity index (χ1n) is 8.52. The maximum Gasteiger partial charge on any atom is 0.162 e. The molecular formula is C18H24N4O2. The smallest absolute Gasteiger partial charge is 0.162 e. The number of rotatable bonds is 4. The van der Waals surface area contributed by atoms with Crippen LogP contribution in [0, 0.1) is 5.41 Å². The topological polar surface area (TPSA) is 76.4 Å². The lowest BCUT2D eigenvalue weighted by atomic mass is 9.90. The molecule has 0 saturated carbocycles. The molecular weight excluding hydrogens is 304 g/mol. The summed E-state index contributed by atoms with van der Waals surface area (Å²) in [5.41, 5.74) is 9.48. The zero-order chi connectivity index (χ0) is 16.6. The average Bonchev–Trinajstić information content (AvgIpc) is 3.22. The van der Waals surface area contributed by atoms with Gasteiger partial charge in [-0.15, -0.1) is 0 Å². The van der Waals surface area contributed by atoms with Crippen LogP contribution in [0.1, 0.15) is 18.9 Å². The van der Waals surface area contributed by atoms with Gasteiger partial charge in [0.25, 0.3) is 0 Å². The maximum absolute atomic E-state index is 5.92. The Morgan fingerprint density at radius 2 is 2.12 bits per heavy atom. The summed E-state index contributed by atoms with van der Waals surface area (Å²) in [7, 11) is 0. The molecule has 0 aliphatic carbocycles. The van der Waals surface area contributed by atoms with Crippen molar-refractivity contribution in [3.05, 3.63) is 30.0 Å². The normalized spacial score (nSPS) is 23.6. The summed E-state index contributed by atoms with van der Waals surface area (Å²) in [4.78, 5) is 2.46. The summed E-state index contributed by atoms with van der Waals surface area (Å²) in [5.74, 6) is 1.61. The first-order valence-corrected chi connectivity index (χ1v) is 8.52. The highest BCUT2D eigenvalue weighted by atomic mass is 16.6. The Morgan fingerprint density at radius 3 is 2.92 bits per heavy atom. The Labute approximate surface area is 141 Å². The first-order chi connectivity index (χ1) is 11.7. The van der Waals surface area contributed by atoms with Crippen LogP contribution in [-0.2, 0) is 6.54 Å². The monoisotopic (exact) mass is 328 g/mol. The minimum Gasteiger partial charge on any atom is -0.486 e. The van der Waals surface area contributed by atoms with Crippen molar-refractivity contribution in [2.24, 2.45) is 11.1 Å². The fourth-order valence-corrected chi connectivity index (χ4v) is 3.55. The molecule has 128 valence electrons. The standard InChI is InChI=1S/C18H24N4O2/c1-18(11-19)4-5-22(12-18)10-14-9-20-21-17(14)13-2-3-15-16(8-13)24-7-6-23-15/h2-3,8-9H,4-7,10-12,19H2,1H3,(H,20,21). The van der Waals surface area contributed by atoms with E-state index in [2.05, 4.69) is 28.1 Å². The molecule has 2 aliphatic rings. The van der Waals surface area contributed by atoms with Crippen LogP contribution in [0.5, 0.6) is 11.5 Å². The molecule has 2 aliphatic heterocycles. The van der Waals surface area contributed by atoms with Crippen LogP contribution in [0.3, 0.4) is 0 Å². The molecule has 4 rings (SSSR count). The Bertz CT molecular complexity index is 730. The fraction of sp³-hybridized carbons (Fsp3) is 0.500. The van der Waals surface area contributed by atoms with Crippen LogP contribution in [0.4, 0.5) is 0 Å². The number of fused-ring (bicyclic) bond motifs is 1. The summed E-state index contributed by atoms with van der Waals surface area (Å²) in [6.45, 7) is 7.22. The molecule has 1 aromatic carbocycles. The summed E-state index contributed by atoms with van der Waals surface area (Å²) >= 11 is 0. The number of nitrogens with two attached hydrogens (primary N) is 1. The van der Waals surface area contributed by atoms with Gasteiger partial charge in [0.2, 0.25) is 0 Å². The van der Waals surface area contributed by atoms with Gasteiger partial charge in [0.15, 0.2) is 11.5 Å². The van der Waals surface area contributed by atoms with Gasteiger partial charge in [-0.1, -0.05) is 6.92 Å². The quantitative estimate of drug-likeness (QED) is 0.898. The van der Waals surface area contributed by atoms with Gasteiger partial charge in [0.05, 0.1) is 11.9 Å². The third kappa shape index (κ3) is 2.87. The third-order valence-electron chi connectivity index (χ3n) is 5.07.